The van der Waals surface area contributed by atoms with Crippen molar-refractivity contribution in [3.8, 4) is 0 Å². The van der Waals surface area contributed by atoms with E-state index in [1.165, 1.54) is 6.08 Å². The molecule has 0 bridgehead atoms. The molecule has 0 atom stereocenters. The molecule has 0 radical (unpaired) electrons. The molecule has 15 heavy (non-hydrogen) atoms. The van der Waals surface area contributed by atoms with E-state index in [0.717, 1.165) is 26.3 Å². The van der Waals surface area contributed by atoms with Gasteiger partial charge in [0.1, 0.15) is 6.61 Å². The Morgan fingerprint density at radius 1 is 1.60 bits per heavy atom. The molecule has 1 fully saturated rings. The number of rotatable bonds is 5. The molecular formula is C10H18N2O3. The summed E-state index contributed by atoms with van der Waals surface area (Å²) < 4.78 is 10.1. The number of nitrogens with zero attached hydrogens (tertiary/aromatic N) is 2. The average molecular weight is 214 g/mol. The molecule has 0 amide bonds. The Labute approximate surface area is 90.2 Å². The van der Waals surface area contributed by atoms with Crippen LogP contribution in [0.15, 0.2) is 12.7 Å². The highest BCUT2D eigenvalue weighted by molar-refractivity contribution is 5.81. The lowest BCUT2D eigenvalue weighted by Crippen LogP contribution is -2.47. The van der Waals surface area contributed by atoms with Crippen molar-refractivity contribution in [2.75, 3.05) is 46.5 Å². The molecule has 1 saturated heterocycles. The summed E-state index contributed by atoms with van der Waals surface area (Å²) in [5, 5.41) is 4.24. The number of likely N-dealkylation sites (N-methyl/N-ethyl adjacent to an activating group) is 1. The first-order chi connectivity index (χ1) is 7.24. The van der Waals surface area contributed by atoms with Crippen LogP contribution in [0.2, 0.25) is 0 Å². The zero-order chi connectivity index (χ0) is 11.1. The molecule has 1 rings (SSSR count). The summed E-state index contributed by atoms with van der Waals surface area (Å²) in [6, 6.07) is 0. The van der Waals surface area contributed by atoms with E-state index >= 15 is 0 Å². The van der Waals surface area contributed by atoms with Crippen molar-refractivity contribution in [1.29, 1.82) is 0 Å². The standard InChI is InChI=1S/C10H18N2O3/c1-3-10(13)15-9-4-11(2)12-5-7-14-8-6-12/h3H,1,4-9H2,2H3. The molecule has 5 nitrogen and oxygen atoms in total. The van der Waals surface area contributed by atoms with Gasteiger partial charge in [0.2, 0.25) is 0 Å². The minimum absolute atomic E-state index is 0.370. The molecular weight excluding hydrogens is 196 g/mol. The molecule has 0 spiro atoms. The normalized spacial score (nSPS) is 17.7. The van der Waals surface area contributed by atoms with Crippen molar-refractivity contribution < 1.29 is 14.3 Å². The van der Waals surface area contributed by atoms with Crippen molar-refractivity contribution in [1.82, 2.24) is 10.0 Å². The zero-order valence-corrected chi connectivity index (χ0v) is 9.15. The maximum Gasteiger partial charge on any atom is 0.330 e. The Bertz CT molecular complexity index is 215. The van der Waals surface area contributed by atoms with Crippen molar-refractivity contribution in [2.45, 2.75) is 0 Å². The maximum absolute atomic E-state index is 10.8. The zero-order valence-electron chi connectivity index (χ0n) is 9.15. The third-order valence-corrected chi connectivity index (χ3v) is 2.30. The van der Waals surface area contributed by atoms with E-state index in [0.29, 0.717) is 13.2 Å². The minimum Gasteiger partial charge on any atom is -0.461 e. The number of morpholine rings is 1. The highest BCUT2D eigenvalue weighted by Gasteiger charge is 2.14. The lowest BCUT2D eigenvalue weighted by Gasteiger charge is -2.34. The van der Waals surface area contributed by atoms with Crippen molar-refractivity contribution in [2.24, 2.45) is 0 Å². The van der Waals surface area contributed by atoms with E-state index in [9.17, 15) is 4.79 Å². The first-order valence-electron chi connectivity index (χ1n) is 5.07. The quantitative estimate of drug-likeness (QED) is 0.472. The van der Waals surface area contributed by atoms with Crippen LogP contribution >= 0.6 is 0 Å². The molecule has 0 saturated carbocycles. The molecule has 0 aromatic rings. The summed E-state index contributed by atoms with van der Waals surface area (Å²) in [7, 11) is 1.98. The van der Waals surface area contributed by atoms with E-state index in [-0.39, 0.29) is 5.97 Å². The van der Waals surface area contributed by atoms with Crippen molar-refractivity contribution in [3.05, 3.63) is 12.7 Å². The van der Waals surface area contributed by atoms with Gasteiger partial charge in [-0.2, -0.15) is 0 Å². The number of hydrazine groups is 1. The van der Waals surface area contributed by atoms with Crippen LogP contribution in [0.25, 0.3) is 0 Å². The Morgan fingerprint density at radius 3 is 2.87 bits per heavy atom. The number of esters is 1. The van der Waals surface area contributed by atoms with Crippen molar-refractivity contribution in [3.63, 3.8) is 0 Å². The van der Waals surface area contributed by atoms with Crippen LogP contribution in [-0.2, 0) is 14.3 Å². The summed E-state index contributed by atoms with van der Waals surface area (Å²) in [6.07, 6.45) is 1.18. The molecule has 1 aliphatic heterocycles. The van der Waals surface area contributed by atoms with Gasteiger partial charge < -0.3 is 9.47 Å². The van der Waals surface area contributed by atoms with Crippen LogP contribution in [0, 0.1) is 0 Å². The molecule has 86 valence electrons. The lowest BCUT2D eigenvalue weighted by molar-refractivity contribution is -0.140. The summed E-state index contributed by atoms with van der Waals surface area (Å²) >= 11 is 0. The molecule has 0 unspecified atom stereocenters. The molecule has 5 heteroatoms. The van der Waals surface area contributed by atoms with Crippen LogP contribution in [0.5, 0.6) is 0 Å². The monoisotopic (exact) mass is 214 g/mol. The van der Waals surface area contributed by atoms with Gasteiger partial charge in [0, 0.05) is 32.8 Å². The van der Waals surface area contributed by atoms with E-state index < -0.39 is 0 Å². The summed E-state index contributed by atoms with van der Waals surface area (Å²) in [4.78, 5) is 10.8. The number of hydrogen-bond donors (Lipinski definition) is 0. The highest BCUT2D eigenvalue weighted by Crippen LogP contribution is 2.00. The lowest BCUT2D eigenvalue weighted by atomic mass is 10.5. The highest BCUT2D eigenvalue weighted by atomic mass is 16.5. The average Bonchev–Trinajstić information content (AvgIpc) is 2.29. The fraction of sp³-hybridized carbons (Fsp3) is 0.700. The van der Waals surface area contributed by atoms with Crippen LogP contribution in [0.3, 0.4) is 0 Å². The van der Waals surface area contributed by atoms with E-state index in [1.807, 2.05) is 7.05 Å². The first-order valence-corrected chi connectivity index (χ1v) is 5.07. The smallest absolute Gasteiger partial charge is 0.330 e. The Hall–Kier alpha value is -0.910. The van der Waals surface area contributed by atoms with Crippen LogP contribution < -0.4 is 0 Å². The summed E-state index contributed by atoms with van der Waals surface area (Å²) in [5.74, 6) is -0.370. The largest absolute Gasteiger partial charge is 0.461 e. The van der Waals surface area contributed by atoms with Gasteiger partial charge in [-0.25, -0.2) is 14.8 Å². The first kappa shape index (κ1) is 12.2. The van der Waals surface area contributed by atoms with Crippen LogP contribution in [-0.4, -0.2) is 62.5 Å². The minimum atomic E-state index is -0.370. The predicted molar refractivity (Wildman–Crippen MR) is 56.2 cm³/mol. The van der Waals surface area contributed by atoms with Gasteiger partial charge >= 0.3 is 5.97 Å². The maximum atomic E-state index is 10.8. The van der Waals surface area contributed by atoms with E-state index in [2.05, 4.69) is 16.6 Å². The topological polar surface area (TPSA) is 42.0 Å². The van der Waals surface area contributed by atoms with Gasteiger partial charge in [-0.05, 0) is 0 Å². The van der Waals surface area contributed by atoms with Gasteiger partial charge in [-0.1, -0.05) is 6.58 Å². The number of carbonyl (C=O) groups is 1. The third-order valence-electron chi connectivity index (χ3n) is 2.30. The van der Waals surface area contributed by atoms with E-state index in [1.54, 1.807) is 0 Å². The number of carbonyl (C=O) groups excluding carboxylic acids is 1. The molecule has 0 aromatic heterocycles. The fourth-order valence-electron chi connectivity index (χ4n) is 1.37. The molecule has 0 aromatic carbocycles. The van der Waals surface area contributed by atoms with Crippen LogP contribution in [0.4, 0.5) is 0 Å². The Kier molecular flexibility index (Phi) is 5.31. The van der Waals surface area contributed by atoms with Gasteiger partial charge in [0.25, 0.3) is 0 Å². The SMILES string of the molecule is C=CC(=O)OCCN(C)N1CCOCC1. The Morgan fingerprint density at radius 2 is 2.27 bits per heavy atom. The molecule has 1 heterocycles. The Balaban J connectivity index is 2.14. The van der Waals surface area contributed by atoms with Crippen molar-refractivity contribution >= 4 is 5.97 Å². The third kappa shape index (κ3) is 4.42. The fourth-order valence-corrected chi connectivity index (χ4v) is 1.37. The second kappa shape index (κ2) is 6.55. The van der Waals surface area contributed by atoms with Gasteiger partial charge in [-0.15, -0.1) is 0 Å². The van der Waals surface area contributed by atoms with Gasteiger partial charge in [0.05, 0.1) is 13.2 Å². The number of hydrogen-bond acceptors (Lipinski definition) is 5. The van der Waals surface area contributed by atoms with Gasteiger partial charge in [0.15, 0.2) is 0 Å². The van der Waals surface area contributed by atoms with Gasteiger partial charge in [-0.3, -0.25) is 0 Å². The molecule has 0 N–H and O–H groups in total. The summed E-state index contributed by atoms with van der Waals surface area (Å²) in [5.41, 5.74) is 0. The number of ether oxygens (including phenoxy) is 2. The summed E-state index contributed by atoms with van der Waals surface area (Å²) in [6.45, 7) is 7.73. The molecule has 0 aliphatic carbocycles. The molecule has 1 aliphatic rings. The predicted octanol–water partition coefficient (Wildman–Crippen LogP) is -0.105. The second-order valence-electron chi connectivity index (χ2n) is 3.32. The van der Waals surface area contributed by atoms with E-state index in [4.69, 9.17) is 9.47 Å². The second-order valence-corrected chi connectivity index (χ2v) is 3.32. The van der Waals surface area contributed by atoms with Crippen LogP contribution in [0.1, 0.15) is 0 Å².